The van der Waals surface area contributed by atoms with Crippen molar-refractivity contribution < 1.29 is 23.5 Å². The fourth-order valence-corrected chi connectivity index (χ4v) is 0.749. The molecule has 0 bridgehead atoms. The molecule has 0 rings (SSSR count). The number of nitrogens with one attached hydrogen (secondary N) is 1. The maximum absolute atomic E-state index is 11.7. The fourth-order valence-electron chi connectivity index (χ4n) is 0.749. The van der Waals surface area contributed by atoms with Crippen molar-refractivity contribution in [3.63, 3.8) is 0 Å². The van der Waals surface area contributed by atoms with Crippen LogP contribution in [0.25, 0.3) is 0 Å². The van der Waals surface area contributed by atoms with Crippen LogP contribution in [0.15, 0.2) is 0 Å². The molecule has 0 atom stereocenters. The van der Waals surface area contributed by atoms with E-state index in [0.29, 0.717) is 0 Å². The molecule has 0 unspecified atom stereocenters. The molecule has 5 nitrogen and oxygen atoms in total. The minimum absolute atomic E-state index is 0.249. The zero-order valence-electron chi connectivity index (χ0n) is 7.74. The summed E-state index contributed by atoms with van der Waals surface area (Å²) in [6, 6.07) is -0.921. The second-order valence-electron chi connectivity index (χ2n) is 2.53. The number of carbonyl (C=O) groups excluding carboxylic acids is 1. The largest absolute Gasteiger partial charge is 0.480 e. The molecule has 0 aliphatic carbocycles. The van der Waals surface area contributed by atoms with Crippen LogP contribution in [0.4, 0.5) is 13.6 Å². The number of alkyl halides is 2. The summed E-state index contributed by atoms with van der Waals surface area (Å²) in [5, 5.41) is 10.2. The van der Waals surface area contributed by atoms with E-state index in [4.69, 9.17) is 11.5 Å². The quantitative estimate of drug-likeness (QED) is 0.640. The number of rotatable bonds is 5. The monoisotopic (exact) mass is 220 g/mol. The number of amides is 2. The Morgan fingerprint density at radius 2 is 2.13 bits per heavy atom. The maximum atomic E-state index is 11.7. The van der Waals surface area contributed by atoms with E-state index in [9.17, 15) is 18.4 Å². The van der Waals surface area contributed by atoms with E-state index in [1.807, 2.05) is 5.32 Å². The van der Waals surface area contributed by atoms with Gasteiger partial charge in [0.05, 0.1) is 13.1 Å². The van der Waals surface area contributed by atoms with Crippen molar-refractivity contribution in [2.45, 2.75) is 6.43 Å². The van der Waals surface area contributed by atoms with Crippen molar-refractivity contribution in [3.05, 3.63) is 0 Å². The van der Waals surface area contributed by atoms with Crippen molar-refractivity contribution >= 4 is 12.0 Å². The zero-order chi connectivity index (χ0) is 11.8. The first kappa shape index (κ1) is 13.2. The number of carboxylic acids is 1. The van der Waals surface area contributed by atoms with Gasteiger partial charge in [0.15, 0.2) is 0 Å². The number of carbonyl (C=O) groups is 2. The summed E-state index contributed by atoms with van der Waals surface area (Å²) in [5.41, 5.74) is 0. The number of hydrogen-bond acceptors (Lipinski definition) is 2. The Kier molecular flexibility index (Phi) is 5.78. The number of halogens is 2. The minimum atomic E-state index is -2.69. The van der Waals surface area contributed by atoms with Gasteiger partial charge < -0.3 is 15.3 Å². The third-order valence-corrected chi connectivity index (χ3v) is 1.30. The molecule has 84 valence electrons. The molecule has 15 heavy (non-hydrogen) atoms. The first-order chi connectivity index (χ1) is 6.97. The molecule has 7 heteroatoms. The standard InChI is InChI=1S/C8H10F2N2O3/c1-2-3-12(5-7(13)14)8(15)11-4-6(9)10/h1,6H,3-5H2,(H,11,15)(H,13,14). The van der Waals surface area contributed by atoms with E-state index >= 15 is 0 Å². The average molecular weight is 220 g/mol. The lowest BCUT2D eigenvalue weighted by Gasteiger charge is -2.18. The lowest BCUT2D eigenvalue weighted by molar-refractivity contribution is -0.137. The molecule has 0 aromatic carbocycles. The topological polar surface area (TPSA) is 69.6 Å². The molecule has 0 aliphatic rings. The van der Waals surface area contributed by atoms with Gasteiger partial charge in [-0.1, -0.05) is 5.92 Å². The Morgan fingerprint density at radius 3 is 2.53 bits per heavy atom. The van der Waals surface area contributed by atoms with E-state index in [2.05, 4.69) is 5.92 Å². The molecule has 0 aromatic heterocycles. The molecule has 0 saturated carbocycles. The molecular weight excluding hydrogens is 210 g/mol. The third-order valence-electron chi connectivity index (χ3n) is 1.30. The summed E-state index contributed by atoms with van der Waals surface area (Å²) in [6.45, 7) is -1.71. The highest BCUT2D eigenvalue weighted by atomic mass is 19.3. The third kappa shape index (κ3) is 6.26. The molecular formula is C8H10F2N2O3. The Hall–Kier alpha value is -1.84. The van der Waals surface area contributed by atoms with Gasteiger partial charge in [-0.05, 0) is 0 Å². The second kappa shape index (κ2) is 6.59. The van der Waals surface area contributed by atoms with Gasteiger partial charge in [-0.2, -0.15) is 0 Å². The minimum Gasteiger partial charge on any atom is -0.480 e. The van der Waals surface area contributed by atoms with E-state index in [-0.39, 0.29) is 6.54 Å². The number of hydrogen-bond donors (Lipinski definition) is 2. The van der Waals surface area contributed by atoms with Crippen molar-refractivity contribution in [1.82, 2.24) is 10.2 Å². The van der Waals surface area contributed by atoms with Gasteiger partial charge >= 0.3 is 12.0 Å². The highest BCUT2D eigenvalue weighted by molar-refractivity contribution is 5.80. The van der Waals surface area contributed by atoms with Crippen LogP contribution in [0.3, 0.4) is 0 Å². The Morgan fingerprint density at radius 1 is 1.53 bits per heavy atom. The van der Waals surface area contributed by atoms with Crippen LogP contribution in [0.1, 0.15) is 0 Å². The Labute approximate surface area is 85.1 Å². The van der Waals surface area contributed by atoms with Crippen LogP contribution in [0.5, 0.6) is 0 Å². The number of terminal acetylenes is 1. The summed E-state index contributed by atoms with van der Waals surface area (Å²) >= 11 is 0. The Bertz CT molecular complexity index is 276. The van der Waals surface area contributed by atoms with Crippen molar-refractivity contribution in [2.24, 2.45) is 0 Å². The van der Waals surface area contributed by atoms with Gasteiger partial charge in [0.1, 0.15) is 6.54 Å². The highest BCUT2D eigenvalue weighted by Crippen LogP contribution is 1.92. The lowest BCUT2D eigenvalue weighted by atomic mass is 10.5. The van der Waals surface area contributed by atoms with Gasteiger partial charge in [0.25, 0.3) is 6.43 Å². The number of urea groups is 1. The van der Waals surface area contributed by atoms with Crippen LogP contribution in [0, 0.1) is 12.3 Å². The molecule has 0 aliphatic heterocycles. The predicted octanol–water partition coefficient (Wildman–Crippen LogP) is -0.0191. The molecule has 0 radical (unpaired) electrons. The van der Waals surface area contributed by atoms with E-state index in [1.54, 1.807) is 0 Å². The van der Waals surface area contributed by atoms with E-state index in [0.717, 1.165) is 4.90 Å². The average Bonchev–Trinajstić information content (AvgIpc) is 2.12. The molecule has 0 aromatic rings. The smallest absolute Gasteiger partial charge is 0.323 e. The maximum Gasteiger partial charge on any atom is 0.323 e. The van der Waals surface area contributed by atoms with Gasteiger partial charge in [-0.3, -0.25) is 4.79 Å². The summed E-state index contributed by atoms with van der Waals surface area (Å²) in [4.78, 5) is 22.1. The van der Waals surface area contributed by atoms with Gasteiger partial charge in [-0.15, -0.1) is 6.42 Å². The second-order valence-corrected chi connectivity index (χ2v) is 2.53. The van der Waals surface area contributed by atoms with Crippen LogP contribution < -0.4 is 5.32 Å². The predicted molar refractivity (Wildman–Crippen MR) is 47.4 cm³/mol. The fraction of sp³-hybridized carbons (Fsp3) is 0.500. The van der Waals surface area contributed by atoms with Crippen LogP contribution in [-0.2, 0) is 4.79 Å². The van der Waals surface area contributed by atoms with Crippen LogP contribution in [0.2, 0.25) is 0 Å². The normalized spacial score (nSPS) is 9.47. The molecule has 0 spiro atoms. The van der Waals surface area contributed by atoms with Crippen LogP contribution in [-0.4, -0.2) is 48.1 Å². The first-order valence-corrected chi connectivity index (χ1v) is 3.93. The Balaban J connectivity index is 4.17. The van der Waals surface area contributed by atoms with E-state index < -0.39 is 31.5 Å². The van der Waals surface area contributed by atoms with Gasteiger partial charge in [-0.25, -0.2) is 13.6 Å². The summed E-state index contributed by atoms with van der Waals surface area (Å²) in [7, 11) is 0. The molecule has 0 fully saturated rings. The summed E-state index contributed by atoms with van der Waals surface area (Å²) in [6.07, 6.45) is 2.20. The highest BCUT2D eigenvalue weighted by Gasteiger charge is 2.16. The molecule has 0 heterocycles. The van der Waals surface area contributed by atoms with Crippen molar-refractivity contribution in [1.29, 1.82) is 0 Å². The van der Waals surface area contributed by atoms with Crippen molar-refractivity contribution in [3.8, 4) is 12.3 Å². The van der Waals surface area contributed by atoms with Crippen LogP contribution >= 0.6 is 0 Å². The lowest BCUT2D eigenvalue weighted by Crippen LogP contribution is -2.44. The molecule has 2 amide bonds. The summed E-state index contributed by atoms with van der Waals surface area (Å²) in [5.74, 6) is 0.790. The number of nitrogens with zero attached hydrogens (tertiary/aromatic N) is 1. The van der Waals surface area contributed by atoms with Gasteiger partial charge in [0, 0.05) is 0 Å². The SMILES string of the molecule is C#CCN(CC(=O)O)C(=O)NCC(F)F. The zero-order valence-corrected chi connectivity index (χ0v) is 7.74. The van der Waals surface area contributed by atoms with Crippen molar-refractivity contribution in [2.75, 3.05) is 19.6 Å². The van der Waals surface area contributed by atoms with Gasteiger partial charge in [0.2, 0.25) is 0 Å². The van der Waals surface area contributed by atoms with E-state index in [1.165, 1.54) is 0 Å². The number of carboxylic acid groups (broad SMARTS) is 1. The number of aliphatic carboxylic acids is 1. The molecule has 0 saturated heterocycles. The first-order valence-electron chi connectivity index (χ1n) is 3.93. The summed E-state index contributed by atoms with van der Waals surface area (Å²) < 4.78 is 23.4. The molecule has 2 N–H and O–H groups in total.